The summed E-state index contributed by atoms with van der Waals surface area (Å²) in [6.07, 6.45) is 5.96. The van der Waals surface area contributed by atoms with E-state index < -0.39 is 12.0 Å². The van der Waals surface area contributed by atoms with Crippen LogP contribution in [0.5, 0.6) is 0 Å². The topological polar surface area (TPSA) is 106 Å². The van der Waals surface area contributed by atoms with Gasteiger partial charge in [-0.2, -0.15) is 0 Å². The Hall–Kier alpha value is -0.860. The van der Waals surface area contributed by atoms with Crippen LogP contribution in [-0.2, 0) is 9.36 Å². The van der Waals surface area contributed by atoms with E-state index in [0.29, 0.717) is 18.5 Å². The molecule has 96 valence electrons. The van der Waals surface area contributed by atoms with Gasteiger partial charge < -0.3 is 0 Å². The van der Waals surface area contributed by atoms with E-state index in [1.165, 1.54) is 6.08 Å². The molecule has 0 aliphatic rings. The van der Waals surface area contributed by atoms with Crippen molar-refractivity contribution in [2.75, 3.05) is 6.54 Å². The Bertz CT molecular complexity index is 362. The third-order valence-electron chi connectivity index (χ3n) is 2.26. The van der Waals surface area contributed by atoms with Gasteiger partial charge in [0.1, 0.15) is 0 Å². The second-order valence-electron chi connectivity index (χ2n) is 3.71. The van der Waals surface area contributed by atoms with Gasteiger partial charge in [-0.05, 0) is 0 Å². The van der Waals surface area contributed by atoms with Gasteiger partial charge in [0, 0.05) is 0 Å². The Labute approximate surface area is 102 Å². The van der Waals surface area contributed by atoms with E-state index in [4.69, 9.17) is 16.6 Å². The molecule has 0 aromatic heterocycles. The van der Waals surface area contributed by atoms with Crippen LogP contribution in [0.25, 0.3) is 0 Å². The number of aliphatic carboxylic acids is 1. The first-order valence-electron chi connectivity index (χ1n) is 5.59. The Morgan fingerprint density at radius 1 is 1.35 bits per heavy atom. The third kappa shape index (κ3) is 8.90. The molecule has 5 nitrogen and oxygen atoms in total. The molecule has 0 aliphatic heterocycles. The van der Waals surface area contributed by atoms with Crippen molar-refractivity contribution in [2.24, 2.45) is 11.5 Å². The summed E-state index contributed by atoms with van der Waals surface area (Å²) in [6.45, 7) is 0.685. The molecule has 0 aliphatic carbocycles. The van der Waals surface area contributed by atoms with Crippen molar-refractivity contribution in [3.63, 3.8) is 0 Å². The molecule has 0 radical (unpaired) electrons. The van der Waals surface area contributed by atoms with Crippen LogP contribution >= 0.6 is 7.92 Å². The molecule has 0 spiro atoms. The second kappa shape index (κ2) is 10.3. The van der Waals surface area contributed by atoms with Crippen LogP contribution in [0.3, 0.4) is 0 Å². The summed E-state index contributed by atoms with van der Waals surface area (Å²) in [5.41, 5.74) is 13.9. The first kappa shape index (κ1) is 16.1. The van der Waals surface area contributed by atoms with E-state index in [9.17, 15) is 9.36 Å². The van der Waals surface area contributed by atoms with E-state index >= 15 is 0 Å². The number of unbranched alkanes of at least 4 members (excludes halogenated alkanes) is 3. The van der Waals surface area contributed by atoms with Crippen LogP contribution in [0.4, 0.5) is 0 Å². The quantitative estimate of drug-likeness (QED) is 0.451. The monoisotopic (exact) mass is 258 g/mol. The van der Waals surface area contributed by atoms with Crippen molar-refractivity contribution in [1.29, 1.82) is 0 Å². The van der Waals surface area contributed by atoms with Gasteiger partial charge >= 0.3 is 102 Å². The molecule has 0 saturated heterocycles. The standard InChI is InChI=1S/C11H19N2O3P/c12-6-4-2-1-3-5-9(8-17-16)7-10(13)11(14)15/h7,10H,1-6,12-13H2,(H,14,15). The van der Waals surface area contributed by atoms with Gasteiger partial charge in [-0.3, -0.25) is 0 Å². The fourth-order valence-corrected chi connectivity index (χ4v) is 1.64. The Kier molecular flexibility index (Phi) is 9.78. The molecule has 0 aromatic carbocycles. The molecule has 1 atom stereocenters. The minimum atomic E-state index is -1.10. The van der Waals surface area contributed by atoms with Crippen LogP contribution in [0.2, 0.25) is 0 Å². The summed E-state index contributed by atoms with van der Waals surface area (Å²) < 4.78 is 10.4. The zero-order valence-electron chi connectivity index (χ0n) is 9.76. The van der Waals surface area contributed by atoms with Crippen molar-refractivity contribution < 1.29 is 14.5 Å². The van der Waals surface area contributed by atoms with Gasteiger partial charge in [-0.25, -0.2) is 0 Å². The summed E-state index contributed by atoms with van der Waals surface area (Å²) in [5, 5.41) is 8.65. The van der Waals surface area contributed by atoms with Crippen molar-refractivity contribution in [3.05, 3.63) is 11.6 Å². The number of allylic oxidation sites excluding steroid dienone is 1. The molecule has 0 fully saturated rings. The maximum absolute atomic E-state index is 10.6. The SMILES string of the molecule is NCCCCCCC(C#P=O)=CC(N)C(=O)O. The van der Waals surface area contributed by atoms with Crippen LogP contribution in [0.1, 0.15) is 32.1 Å². The van der Waals surface area contributed by atoms with Crippen molar-refractivity contribution in [3.8, 4) is 5.63 Å². The van der Waals surface area contributed by atoms with E-state index in [0.717, 1.165) is 25.7 Å². The molecule has 0 aromatic rings. The average molecular weight is 258 g/mol. The van der Waals surface area contributed by atoms with Gasteiger partial charge in [0.15, 0.2) is 0 Å². The molecule has 6 heteroatoms. The van der Waals surface area contributed by atoms with Crippen molar-refractivity contribution >= 4 is 13.9 Å². The molecule has 1 unspecified atom stereocenters. The average Bonchev–Trinajstić information content (AvgIpc) is 2.28. The van der Waals surface area contributed by atoms with Gasteiger partial charge in [-0.1, -0.05) is 0 Å². The number of rotatable bonds is 8. The van der Waals surface area contributed by atoms with Gasteiger partial charge in [0.05, 0.1) is 0 Å². The maximum atomic E-state index is 10.6. The molecule has 0 saturated carbocycles. The first-order chi connectivity index (χ1) is 8.11. The van der Waals surface area contributed by atoms with Crippen LogP contribution < -0.4 is 11.5 Å². The predicted molar refractivity (Wildman–Crippen MR) is 67.3 cm³/mol. The molecule has 17 heavy (non-hydrogen) atoms. The normalized spacial score (nSPS) is 12.9. The van der Waals surface area contributed by atoms with Crippen LogP contribution in [0.15, 0.2) is 11.6 Å². The van der Waals surface area contributed by atoms with E-state index in [2.05, 4.69) is 5.63 Å². The number of nitrogens with two attached hydrogens (primary N) is 2. The Morgan fingerprint density at radius 2 is 2.00 bits per heavy atom. The first-order valence-corrected chi connectivity index (χ1v) is 6.40. The predicted octanol–water partition coefficient (Wildman–Crippen LogP) is 1.48. The molecule has 0 rings (SSSR count). The van der Waals surface area contributed by atoms with Crippen LogP contribution in [-0.4, -0.2) is 23.7 Å². The molecular formula is C11H19N2O3P. The number of hydrogen-bond acceptors (Lipinski definition) is 4. The summed E-state index contributed by atoms with van der Waals surface area (Å²) in [7, 11) is -0.249. The Morgan fingerprint density at radius 3 is 2.53 bits per heavy atom. The summed E-state index contributed by atoms with van der Waals surface area (Å²) in [6, 6.07) is -1.07. The van der Waals surface area contributed by atoms with Crippen LogP contribution in [0, 0.1) is 5.63 Å². The second-order valence-corrected chi connectivity index (χ2v) is 4.12. The summed E-state index contributed by atoms with van der Waals surface area (Å²) >= 11 is 0. The van der Waals surface area contributed by atoms with Gasteiger partial charge in [-0.15, -0.1) is 0 Å². The molecule has 0 bridgehead atoms. The fourth-order valence-electron chi connectivity index (χ4n) is 1.34. The van der Waals surface area contributed by atoms with E-state index in [1.54, 1.807) is 0 Å². The van der Waals surface area contributed by atoms with E-state index in [1.807, 2.05) is 0 Å². The van der Waals surface area contributed by atoms with Gasteiger partial charge in [0.2, 0.25) is 0 Å². The molecule has 5 N–H and O–H groups in total. The van der Waals surface area contributed by atoms with Crippen molar-refractivity contribution in [1.82, 2.24) is 0 Å². The van der Waals surface area contributed by atoms with Crippen molar-refractivity contribution in [2.45, 2.75) is 38.1 Å². The Balaban J connectivity index is 4.19. The molecule has 0 amide bonds. The third-order valence-corrected chi connectivity index (χ3v) is 2.63. The minimum absolute atomic E-state index is 0.249. The zero-order valence-corrected chi connectivity index (χ0v) is 10.7. The fraction of sp³-hybridized carbons (Fsp3) is 0.636. The number of carbonyl (C=O) groups is 1. The summed E-state index contributed by atoms with van der Waals surface area (Å²) in [5.74, 6) is -1.10. The van der Waals surface area contributed by atoms with Gasteiger partial charge in [0.25, 0.3) is 0 Å². The van der Waals surface area contributed by atoms with E-state index in [-0.39, 0.29) is 7.92 Å². The molecular weight excluding hydrogens is 239 g/mol. The molecule has 0 heterocycles. The zero-order chi connectivity index (χ0) is 13.1. The summed E-state index contributed by atoms with van der Waals surface area (Å²) in [4.78, 5) is 10.6. The number of hydrogen-bond donors (Lipinski definition) is 3. The number of carboxylic acid groups (broad SMARTS) is 1. The number of carboxylic acids is 1.